The molecule has 3 N–H and O–H groups in total. The predicted molar refractivity (Wildman–Crippen MR) is 107 cm³/mol. The Morgan fingerprint density at radius 1 is 1.07 bits per heavy atom. The number of nitrogens with zero attached hydrogens (tertiary/aromatic N) is 1. The normalized spacial score (nSPS) is 9.96. The molecular formula is C20H20N4O4. The zero-order valence-electron chi connectivity index (χ0n) is 15.8. The fourth-order valence-electron chi connectivity index (χ4n) is 2.52. The van der Waals surface area contributed by atoms with Crippen LogP contribution in [0.3, 0.4) is 0 Å². The van der Waals surface area contributed by atoms with Crippen LogP contribution in [-0.2, 0) is 0 Å². The van der Waals surface area contributed by atoms with Gasteiger partial charge in [0.1, 0.15) is 23.9 Å². The van der Waals surface area contributed by atoms with Crippen molar-refractivity contribution in [3.05, 3.63) is 36.4 Å². The lowest BCUT2D eigenvalue weighted by molar-refractivity contribution is 0.262. The number of urea groups is 1. The Morgan fingerprint density at radius 3 is 2.50 bits per heavy atom. The minimum atomic E-state index is -0.452. The molecule has 8 nitrogen and oxygen atoms in total. The molecule has 0 unspecified atom stereocenters. The first-order valence-corrected chi connectivity index (χ1v) is 8.44. The molecule has 2 amide bonds. The zero-order chi connectivity index (χ0) is 19.9. The van der Waals surface area contributed by atoms with E-state index >= 15 is 0 Å². The van der Waals surface area contributed by atoms with Gasteiger partial charge in [0.15, 0.2) is 5.82 Å². The number of H-pyrrole nitrogens is 1. The highest BCUT2D eigenvalue weighted by Gasteiger charge is 2.12. The van der Waals surface area contributed by atoms with Crippen LogP contribution in [0.4, 0.5) is 16.3 Å². The van der Waals surface area contributed by atoms with Crippen LogP contribution >= 0.6 is 0 Å². The number of fused-ring (bicyclic) bond motifs is 1. The first kappa shape index (κ1) is 18.9. The van der Waals surface area contributed by atoms with E-state index in [4.69, 9.17) is 14.2 Å². The predicted octanol–water partition coefficient (Wildman–Crippen LogP) is 3.63. The van der Waals surface area contributed by atoms with E-state index in [1.165, 1.54) is 0 Å². The second-order valence-corrected chi connectivity index (χ2v) is 5.68. The van der Waals surface area contributed by atoms with Crippen LogP contribution in [0.5, 0.6) is 17.2 Å². The molecule has 3 aromatic rings. The number of hydrogen-bond acceptors (Lipinski definition) is 5. The maximum absolute atomic E-state index is 12.4. The van der Waals surface area contributed by atoms with Crippen molar-refractivity contribution in [2.45, 2.75) is 6.92 Å². The van der Waals surface area contributed by atoms with Crippen LogP contribution in [0.15, 0.2) is 36.4 Å². The Bertz CT molecular complexity index is 1030. The molecule has 1 heterocycles. The number of benzene rings is 2. The SMILES string of the molecule is CC#CCOc1ccc2[nH]nc(NC(=O)Nc3cc(OC)cc(OC)c3)c2c1. The summed E-state index contributed by atoms with van der Waals surface area (Å²) >= 11 is 0. The van der Waals surface area contributed by atoms with Crippen molar-refractivity contribution in [3.8, 4) is 29.1 Å². The first-order valence-electron chi connectivity index (χ1n) is 8.44. The van der Waals surface area contributed by atoms with Gasteiger partial charge in [0.2, 0.25) is 0 Å². The molecule has 0 saturated heterocycles. The van der Waals surface area contributed by atoms with E-state index in [1.54, 1.807) is 45.4 Å². The topological polar surface area (TPSA) is 97.5 Å². The summed E-state index contributed by atoms with van der Waals surface area (Å²) in [6.45, 7) is 2.04. The molecule has 0 aliphatic carbocycles. The molecule has 1 aromatic heterocycles. The van der Waals surface area contributed by atoms with Crippen LogP contribution in [-0.4, -0.2) is 37.1 Å². The number of nitrogens with one attached hydrogen (secondary N) is 3. The van der Waals surface area contributed by atoms with E-state index in [1.807, 2.05) is 12.1 Å². The number of carbonyl (C=O) groups is 1. The number of carbonyl (C=O) groups excluding carboxylic acids is 1. The van der Waals surface area contributed by atoms with Crippen LogP contribution in [0.1, 0.15) is 6.92 Å². The van der Waals surface area contributed by atoms with Gasteiger partial charge < -0.3 is 19.5 Å². The summed E-state index contributed by atoms with van der Waals surface area (Å²) in [4.78, 5) is 12.4. The van der Waals surface area contributed by atoms with Gasteiger partial charge in [-0.25, -0.2) is 4.79 Å². The lowest BCUT2D eigenvalue weighted by Crippen LogP contribution is -2.19. The van der Waals surface area contributed by atoms with Crippen LogP contribution in [0, 0.1) is 11.8 Å². The molecule has 8 heteroatoms. The minimum absolute atomic E-state index is 0.292. The lowest BCUT2D eigenvalue weighted by atomic mass is 10.2. The summed E-state index contributed by atoms with van der Waals surface area (Å²) in [5.41, 5.74) is 1.29. The summed E-state index contributed by atoms with van der Waals surface area (Å²) in [6.07, 6.45) is 0. The summed E-state index contributed by atoms with van der Waals surface area (Å²) in [7, 11) is 3.08. The molecule has 2 aromatic carbocycles. The summed E-state index contributed by atoms with van der Waals surface area (Å²) in [5, 5.41) is 13.2. The maximum atomic E-state index is 12.4. The Kier molecular flexibility index (Phi) is 5.87. The van der Waals surface area contributed by atoms with Crippen molar-refractivity contribution in [2.24, 2.45) is 0 Å². The van der Waals surface area contributed by atoms with E-state index in [0.717, 1.165) is 10.9 Å². The fraction of sp³-hybridized carbons (Fsp3) is 0.200. The Hall–Kier alpha value is -3.86. The van der Waals surface area contributed by atoms with Gasteiger partial charge >= 0.3 is 6.03 Å². The molecule has 144 valence electrons. The molecule has 28 heavy (non-hydrogen) atoms. The third kappa shape index (κ3) is 4.45. The molecular weight excluding hydrogens is 360 g/mol. The van der Waals surface area contributed by atoms with Gasteiger partial charge in [-0.15, -0.1) is 5.92 Å². The number of rotatable bonds is 6. The van der Waals surface area contributed by atoms with Gasteiger partial charge in [-0.1, -0.05) is 5.92 Å². The van der Waals surface area contributed by atoms with Crippen LogP contribution < -0.4 is 24.8 Å². The molecule has 0 bridgehead atoms. The van der Waals surface area contributed by atoms with Gasteiger partial charge in [-0.05, 0) is 25.1 Å². The number of hydrogen-bond donors (Lipinski definition) is 3. The largest absolute Gasteiger partial charge is 0.497 e. The Labute approximate surface area is 162 Å². The third-order valence-corrected chi connectivity index (χ3v) is 3.86. The number of aromatic amines is 1. The van der Waals surface area contributed by atoms with Gasteiger partial charge in [0, 0.05) is 29.3 Å². The number of anilines is 2. The molecule has 0 radical (unpaired) electrons. The number of ether oxygens (including phenoxy) is 3. The maximum Gasteiger partial charge on any atom is 0.324 e. The van der Waals surface area contributed by atoms with Gasteiger partial charge in [-0.3, -0.25) is 10.4 Å². The third-order valence-electron chi connectivity index (χ3n) is 3.86. The van der Waals surface area contributed by atoms with Gasteiger partial charge in [0.05, 0.1) is 19.7 Å². The number of amides is 2. The van der Waals surface area contributed by atoms with E-state index in [-0.39, 0.29) is 0 Å². The van der Waals surface area contributed by atoms with Crippen molar-refractivity contribution in [1.29, 1.82) is 0 Å². The van der Waals surface area contributed by atoms with Crippen molar-refractivity contribution < 1.29 is 19.0 Å². The molecule has 0 atom stereocenters. The van der Waals surface area contributed by atoms with E-state index in [0.29, 0.717) is 35.4 Å². The summed E-state index contributed by atoms with van der Waals surface area (Å²) in [5.74, 6) is 7.76. The van der Waals surface area contributed by atoms with Crippen LogP contribution in [0.25, 0.3) is 10.9 Å². The van der Waals surface area contributed by atoms with Crippen molar-refractivity contribution in [2.75, 3.05) is 31.5 Å². The Balaban J connectivity index is 1.75. The Morgan fingerprint density at radius 2 is 1.82 bits per heavy atom. The van der Waals surface area contributed by atoms with Crippen molar-refractivity contribution >= 4 is 28.4 Å². The summed E-state index contributed by atoms with van der Waals surface area (Å²) < 4.78 is 16.0. The smallest absolute Gasteiger partial charge is 0.324 e. The molecule has 0 aliphatic rings. The van der Waals surface area contributed by atoms with Crippen molar-refractivity contribution in [1.82, 2.24) is 10.2 Å². The summed E-state index contributed by atoms with van der Waals surface area (Å²) in [6, 6.07) is 10.1. The highest BCUT2D eigenvalue weighted by atomic mass is 16.5. The second-order valence-electron chi connectivity index (χ2n) is 5.68. The molecule has 0 spiro atoms. The minimum Gasteiger partial charge on any atom is -0.497 e. The zero-order valence-corrected chi connectivity index (χ0v) is 15.8. The highest BCUT2D eigenvalue weighted by Crippen LogP contribution is 2.27. The number of aromatic nitrogens is 2. The van der Waals surface area contributed by atoms with E-state index in [9.17, 15) is 4.79 Å². The monoisotopic (exact) mass is 380 g/mol. The van der Waals surface area contributed by atoms with Gasteiger partial charge in [-0.2, -0.15) is 5.10 Å². The molecule has 0 fully saturated rings. The molecule has 0 saturated carbocycles. The molecule has 3 rings (SSSR count). The average Bonchev–Trinajstić information content (AvgIpc) is 3.09. The van der Waals surface area contributed by atoms with E-state index < -0.39 is 6.03 Å². The first-order chi connectivity index (χ1) is 13.6. The van der Waals surface area contributed by atoms with Gasteiger partial charge in [0.25, 0.3) is 0 Å². The van der Waals surface area contributed by atoms with Crippen LogP contribution in [0.2, 0.25) is 0 Å². The standard InChI is InChI=1S/C20H20N4O4/c1-4-5-8-28-14-6-7-18-17(12-14)19(24-23-18)22-20(25)21-13-9-15(26-2)11-16(10-13)27-3/h6-7,9-12H,8H2,1-3H3,(H3,21,22,23,24,25). The highest BCUT2D eigenvalue weighted by molar-refractivity contribution is 6.04. The van der Waals surface area contributed by atoms with Crippen molar-refractivity contribution in [3.63, 3.8) is 0 Å². The fourth-order valence-corrected chi connectivity index (χ4v) is 2.52. The van der Waals surface area contributed by atoms with E-state index in [2.05, 4.69) is 32.7 Å². The number of methoxy groups -OCH3 is 2. The average molecular weight is 380 g/mol. The quantitative estimate of drug-likeness (QED) is 0.568. The molecule has 0 aliphatic heterocycles. The second kappa shape index (κ2) is 8.68. The lowest BCUT2D eigenvalue weighted by Gasteiger charge is -2.10.